The number of hydrogen-bond acceptors (Lipinski definition) is 5. The van der Waals surface area contributed by atoms with Gasteiger partial charge in [-0.05, 0) is 13.3 Å². The third-order valence-corrected chi connectivity index (χ3v) is 5.51. The zero-order valence-corrected chi connectivity index (χ0v) is 16.7. The molecule has 0 radical (unpaired) electrons. The first-order valence-electron chi connectivity index (χ1n) is 6.89. The normalized spacial score (nSPS) is 15.8. The number of halogens is 5. The van der Waals surface area contributed by atoms with E-state index in [1.807, 2.05) is 0 Å². The van der Waals surface area contributed by atoms with Crippen LogP contribution in [0.25, 0.3) is 0 Å². The molecule has 4 N–H and O–H groups in total. The fourth-order valence-corrected chi connectivity index (χ4v) is 3.29. The van der Waals surface area contributed by atoms with E-state index in [-0.39, 0.29) is 25.1 Å². The van der Waals surface area contributed by atoms with Gasteiger partial charge in [-0.15, -0.1) is 0 Å². The van der Waals surface area contributed by atoms with Gasteiger partial charge in [0, 0.05) is 0 Å². The lowest BCUT2D eigenvalue weighted by atomic mass is 9.92. The molecule has 1 aromatic rings. The van der Waals surface area contributed by atoms with Crippen LogP contribution in [0.4, 0.5) is 0 Å². The topological polar surface area (TPSA) is 124 Å². The van der Waals surface area contributed by atoms with Crippen LogP contribution in [0.1, 0.15) is 13.3 Å². The summed E-state index contributed by atoms with van der Waals surface area (Å²) in [6.45, 7) is 1.30. The molecule has 0 aliphatic carbocycles. The lowest BCUT2D eigenvalue weighted by Crippen LogP contribution is -2.46. The van der Waals surface area contributed by atoms with Crippen LogP contribution in [0.15, 0.2) is 0 Å². The van der Waals surface area contributed by atoms with Gasteiger partial charge in [0.2, 0.25) is 6.10 Å². The minimum atomic E-state index is -2.12. The van der Waals surface area contributed by atoms with Crippen LogP contribution in [0.2, 0.25) is 25.1 Å². The predicted molar refractivity (Wildman–Crippen MR) is 97.0 cm³/mol. The van der Waals surface area contributed by atoms with E-state index in [0.717, 1.165) is 0 Å². The average molecular weight is 471 g/mol. The van der Waals surface area contributed by atoms with E-state index in [9.17, 15) is 30.0 Å². The Balaban J connectivity index is 3.40. The number of ether oxygens (including phenoxy) is 1. The van der Waals surface area contributed by atoms with Crippen LogP contribution in [-0.2, 0) is 9.59 Å². The van der Waals surface area contributed by atoms with Gasteiger partial charge in [-0.3, -0.25) is 4.79 Å². The second-order valence-electron chi connectivity index (χ2n) is 5.29. The average Bonchev–Trinajstić information content (AvgIpc) is 2.52. The maximum Gasteiger partial charge on any atom is 0.345 e. The van der Waals surface area contributed by atoms with E-state index in [4.69, 9.17) is 62.7 Å². The van der Waals surface area contributed by atoms with Gasteiger partial charge < -0.3 is 25.2 Å². The molecular weight excluding hydrogens is 457 g/mol. The van der Waals surface area contributed by atoms with Gasteiger partial charge in [-0.25, -0.2) is 4.79 Å². The second-order valence-corrected chi connectivity index (χ2v) is 7.18. The smallest absolute Gasteiger partial charge is 0.345 e. The first-order valence-corrected chi connectivity index (χ1v) is 8.78. The van der Waals surface area contributed by atoms with E-state index in [0.29, 0.717) is 0 Å². The summed E-state index contributed by atoms with van der Waals surface area (Å²) in [4.78, 5) is 23.1. The Kier molecular flexibility index (Phi) is 8.54. The van der Waals surface area contributed by atoms with Gasteiger partial charge in [0.1, 0.15) is 16.0 Å². The van der Waals surface area contributed by atoms with Gasteiger partial charge in [0.15, 0.2) is 5.75 Å². The molecule has 0 saturated carbocycles. The van der Waals surface area contributed by atoms with E-state index < -0.39 is 48.3 Å². The van der Waals surface area contributed by atoms with Crippen LogP contribution in [-0.4, -0.2) is 50.7 Å². The zero-order valence-electron chi connectivity index (χ0n) is 12.9. The summed E-state index contributed by atoms with van der Waals surface area (Å²) in [5.41, 5.74) is 0. The molecule has 0 aliphatic rings. The molecule has 1 rings (SSSR count). The van der Waals surface area contributed by atoms with Crippen molar-refractivity contribution >= 4 is 69.9 Å². The maximum absolute atomic E-state index is 11.6. The van der Waals surface area contributed by atoms with Crippen molar-refractivity contribution in [3.05, 3.63) is 25.1 Å². The number of aliphatic hydroxyl groups is 2. The van der Waals surface area contributed by atoms with Crippen molar-refractivity contribution in [2.24, 2.45) is 5.92 Å². The number of benzene rings is 1. The monoisotopic (exact) mass is 468 g/mol. The fourth-order valence-electron chi connectivity index (χ4n) is 2.08. The van der Waals surface area contributed by atoms with Crippen molar-refractivity contribution in [3.8, 4) is 5.75 Å². The minimum absolute atomic E-state index is 0.202. The van der Waals surface area contributed by atoms with Gasteiger partial charge in [0.25, 0.3) is 0 Å². The number of carboxylic acid groups (broad SMARTS) is 2. The van der Waals surface area contributed by atoms with E-state index in [1.165, 1.54) is 6.92 Å². The third-order valence-electron chi connectivity index (χ3n) is 3.27. The highest BCUT2D eigenvalue weighted by Crippen LogP contribution is 2.48. The molecule has 0 spiro atoms. The van der Waals surface area contributed by atoms with Crippen LogP contribution in [0, 0.1) is 5.92 Å². The molecular formula is C14H13Cl5O7. The molecule has 0 aromatic heterocycles. The summed E-state index contributed by atoms with van der Waals surface area (Å²) in [6, 6.07) is 0. The molecule has 7 nitrogen and oxygen atoms in total. The highest BCUT2D eigenvalue weighted by molar-refractivity contribution is 6.55. The van der Waals surface area contributed by atoms with Gasteiger partial charge >= 0.3 is 11.9 Å². The van der Waals surface area contributed by atoms with Crippen molar-refractivity contribution in [2.75, 3.05) is 0 Å². The Morgan fingerprint density at radius 1 is 0.885 bits per heavy atom. The lowest BCUT2D eigenvalue weighted by molar-refractivity contribution is -0.163. The molecule has 4 atom stereocenters. The first kappa shape index (κ1) is 23.4. The van der Waals surface area contributed by atoms with Crippen molar-refractivity contribution in [1.82, 2.24) is 0 Å². The molecule has 0 amide bonds. The SMILES string of the molecule is CC(O)CC(O)C(C(=O)O)C(Oc1c(Cl)c(Cl)c(Cl)c(Cl)c1Cl)C(=O)O. The van der Waals surface area contributed by atoms with E-state index >= 15 is 0 Å². The van der Waals surface area contributed by atoms with Crippen molar-refractivity contribution in [1.29, 1.82) is 0 Å². The molecule has 0 heterocycles. The zero-order chi connectivity index (χ0) is 20.3. The molecule has 0 saturated heterocycles. The molecule has 0 fully saturated rings. The van der Waals surface area contributed by atoms with Crippen LogP contribution >= 0.6 is 58.0 Å². The predicted octanol–water partition coefficient (Wildman–Crippen LogP) is 3.62. The quantitative estimate of drug-likeness (QED) is 0.338. The van der Waals surface area contributed by atoms with E-state index in [2.05, 4.69) is 0 Å². The van der Waals surface area contributed by atoms with Gasteiger partial charge in [0.05, 0.1) is 27.3 Å². The Hall–Kier alpha value is -0.670. The number of hydrogen-bond donors (Lipinski definition) is 4. The Labute approximate surface area is 172 Å². The summed E-state index contributed by atoms with van der Waals surface area (Å²) in [5.74, 6) is -5.86. The van der Waals surface area contributed by atoms with Crippen molar-refractivity contribution < 1.29 is 34.8 Å². The van der Waals surface area contributed by atoms with Gasteiger partial charge in [-0.1, -0.05) is 58.0 Å². The molecule has 0 aliphatic heterocycles. The van der Waals surface area contributed by atoms with Crippen molar-refractivity contribution in [2.45, 2.75) is 31.7 Å². The highest BCUT2D eigenvalue weighted by atomic mass is 35.5. The molecule has 1 aromatic carbocycles. The largest absolute Gasteiger partial charge is 0.481 e. The standard InChI is InChI=1S/C14H13Cl5O7/c1-3(20)2-4(21)5(13(22)23)11(14(24)25)26-12-9(18)7(16)6(15)8(17)10(12)19/h3-5,11,20-21H,2H2,1H3,(H,22,23)(H,24,25). The first-order chi connectivity index (χ1) is 11.9. The van der Waals surface area contributed by atoms with E-state index in [1.54, 1.807) is 0 Å². The lowest BCUT2D eigenvalue weighted by Gasteiger charge is -2.27. The van der Waals surface area contributed by atoms with Crippen LogP contribution < -0.4 is 4.74 Å². The summed E-state index contributed by atoms with van der Waals surface area (Å²) in [5, 5.41) is 36.5. The molecule has 12 heteroatoms. The fraction of sp³-hybridized carbons (Fsp3) is 0.429. The number of rotatable bonds is 8. The van der Waals surface area contributed by atoms with Crippen LogP contribution in [0.5, 0.6) is 5.75 Å². The number of carbonyl (C=O) groups is 2. The molecule has 4 unspecified atom stereocenters. The Morgan fingerprint density at radius 3 is 1.65 bits per heavy atom. The Bertz CT molecular complexity index is 680. The minimum Gasteiger partial charge on any atom is -0.481 e. The summed E-state index contributed by atoms with van der Waals surface area (Å²) >= 11 is 29.4. The third kappa shape index (κ3) is 5.19. The van der Waals surface area contributed by atoms with Crippen LogP contribution in [0.3, 0.4) is 0 Å². The highest BCUT2D eigenvalue weighted by Gasteiger charge is 2.42. The summed E-state index contributed by atoms with van der Waals surface area (Å²) in [7, 11) is 0. The number of aliphatic carboxylic acids is 2. The van der Waals surface area contributed by atoms with Crippen molar-refractivity contribution in [3.63, 3.8) is 0 Å². The summed E-state index contributed by atoms with van der Waals surface area (Å²) in [6.07, 6.45) is -5.37. The number of aliphatic hydroxyl groups excluding tert-OH is 2. The Morgan fingerprint density at radius 2 is 1.31 bits per heavy atom. The molecule has 146 valence electrons. The summed E-state index contributed by atoms with van der Waals surface area (Å²) < 4.78 is 5.17. The molecule has 0 bridgehead atoms. The second kappa shape index (κ2) is 9.50. The maximum atomic E-state index is 11.6. The number of carboxylic acids is 2. The van der Waals surface area contributed by atoms with Gasteiger partial charge in [-0.2, -0.15) is 0 Å². The molecule has 26 heavy (non-hydrogen) atoms.